The number of carbonyl (C=O) groups is 2. The number of nitrogens with zero attached hydrogens (tertiary/aromatic N) is 1. The van der Waals surface area contributed by atoms with Gasteiger partial charge in [0.15, 0.2) is 11.5 Å². The Labute approximate surface area is 155 Å². The lowest BCUT2D eigenvalue weighted by Crippen LogP contribution is -2.46. The predicted octanol–water partition coefficient (Wildman–Crippen LogP) is 2.56. The first-order chi connectivity index (χ1) is 12.6. The molecule has 2 N–H and O–H groups in total. The fourth-order valence-electron chi connectivity index (χ4n) is 3.36. The zero-order valence-electron chi connectivity index (χ0n) is 13.9. The van der Waals surface area contributed by atoms with Crippen molar-refractivity contribution in [2.75, 3.05) is 18.1 Å². The lowest BCUT2D eigenvalue weighted by atomic mass is 10.1. The monoisotopic (exact) mass is 372 g/mol. The summed E-state index contributed by atoms with van der Waals surface area (Å²) in [6, 6.07) is 9.80. The van der Waals surface area contributed by atoms with Crippen LogP contribution >= 0.6 is 11.6 Å². The topological polar surface area (TPSA) is 81.9 Å². The van der Waals surface area contributed by atoms with E-state index >= 15 is 0 Å². The number of rotatable bonds is 2. The Morgan fingerprint density at radius 2 is 1.92 bits per heavy atom. The molecule has 0 fully saturated rings. The summed E-state index contributed by atoms with van der Waals surface area (Å²) in [7, 11) is 0. The number of carbonyl (C=O) groups excluding carboxylic acids is 2. The summed E-state index contributed by atoms with van der Waals surface area (Å²) in [4.78, 5) is 26.6. The van der Waals surface area contributed by atoms with Crippen LogP contribution in [0.3, 0.4) is 0 Å². The highest BCUT2D eigenvalue weighted by atomic mass is 35.5. The van der Waals surface area contributed by atoms with E-state index in [0.717, 1.165) is 12.0 Å². The van der Waals surface area contributed by atoms with Crippen molar-refractivity contribution in [3.8, 4) is 11.5 Å². The first-order valence-electron chi connectivity index (χ1n) is 8.36. The van der Waals surface area contributed by atoms with E-state index in [0.29, 0.717) is 47.4 Å². The molecule has 0 saturated carbocycles. The van der Waals surface area contributed by atoms with Crippen molar-refractivity contribution in [1.82, 2.24) is 0 Å². The second-order valence-electron chi connectivity index (χ2n) is 6.26. The van der Waals surface area contributed by atoms with Crippen LogP contribution in [0.25, 0.3) is 0 Å². The molecule has 1 atom stereocenters. The number of hydrogen-bond acceptors (Lipinski definition) is 4. The number of primary amides is 1. The summed E-state index contributed by atoms with van der Waals surface area (Å²) in [5.74, 6) is -0.0262. The maximum atomic E-state index is 13.2. The predicted molar refractivity (Wildman–Crippen MR) is 97.0 cm³/mol. The highest BCUT2D eigenvalue weighted by Gasteiger charge is 2.38. The van der Waals surface area contributed by atoms with Gasteiger partial charge < -0.3 is 15.2 Å². The highest BCUT2D eigenvalue weighted by Crippen LogP contribution is 2.40. The molecule has 2 heterocycles. The van der Waals surface area contributed by atoms with Crippen LogP contribution in [0.2, 0.25) is 5.02 Å². The number of halogens is 1. The minimum Gasteiger partial charge on any atom is -0.489 e. The molecule has 7 heteroatoms. The molecule has 4 rings (SSSR count). The zero-order chi connectivity index (χ0) is 18.3. The van der Waals surface area contributed by atoms with E-state index in [4.69, 9.17) is 26.8 Å². The van der Waals surface area contributed by atoms with Gasteiger partial charge in [-0.25, -0.2) is 0 Å². The van der Waals surface area contributed by atoms with Gasteiger partial charge in [0, 0.05) is 24.1 Å². The lowest BCUT2D eigenvalue weighted by molar-refractivity contribution is -0.119. The maximum absolute atomic E-state index is 13.2. The molecule has 0 aliphatic carbocycles. The van der Waals surface area contributed by atoms with Crippen LogP contribution in [0.1, 0.15) is 22.3 Å². The van der Waals surface area contributed by atoms with E-state index < -0.39 is 11.9 Å². The fourth-order valence-corrected chi connectivity index (χ4v) is 3.62. The first-order valence-corrected chi connectivity index (χ1v) is 8.74. The number of benzene rings is 2. The van der Waals surface area contributed by atoms with E-state index in [2.05, 4.69) is 0 Å². The third-order valence-corrected chi connectivity index (χ3v) is 4.85. The van der Waals surface area contributed by atoms with E-state index in [9.17, 15) is 9.59 Å². The SMILES string of the molecule is NC(=O)[C@@H]1Cc2ccccc2N1C(=O)c1cc(Cl)c2c(c1)OCCCO2. The number of amides is 2. The van der Waals surface area contributed by atoms with Crippen molar-refractivity contribution in [3.63, 3.8) is 0 Å². The van der Waals surface area contributed by atoms with E-state index in [1.165, 1.54) is 11.0 Å². The second-order valence-corrected chi connectivity index (χ2v) is 6.67. The summed E-state index contributed by atoms with van der Waals surface area (Å²) in [5, 5.41) is 0.302. The molecule has 0 radical (unpaired) electrons. The van der Waals surface area contributed by atoms with Gasteiger partial charge in [0.25, 0.3) is 5.91 Å². The third kappa shape index (κ3) is 2.76. The summed E-state index contributed by atoms with van der Waals surface area (Å²) in [5.41, 5.74) is 7.45. The Balaban J connectivity index is 1.76. The summed E-state index contributed by atoms with van der Waals surface area (Å²) in [6.07, 6.45) is 1.13. The van der Waals surface area contributed by atoms with Crippen LogP contribution in [0.15, 0.2) is 36.4 Å². The number of ether oxygens (including phenoxy) is 2. The first kappa shape index (κ1) is 16.7. The largest absolute Gasteiger partial charge is 0.489 e. The maximum Gasteiger partial charge on any atom is 0.259 e. The normalized spacial score (nSPS) is 18.2. The van der Waals surface area contributed by atoms with Crippen molar-refractivity contribution >= 4 is 29.1 Å². The van der Waals surface area contributed by atoms with Gasteiger partial charge in [-0.2, -0.15) is 0 Å². The molecular weight excluding hydrogens is 356 g/mol. The average Bonchev–Trinajstić information content (AvgIpc) is 2.85. The summed E-state index contributed by atoms with van der Waals surface area (Å²) >= 11 is 6.30. The van der Waals surface area contributed by atoms with Gasteiger partial charge in [0.05, 0.1) is 18.2 Å². The van der Waals surface area contributed by atoms with Gasteiger partial charge in [-0.1, -0.05) is 29.8 Å². The Morgan fingerprint density at radius 1 is 1.15 bits per heavy atom. The molecule has 134 valence electrons. The Bertz CT molecular complexity index is 899. The molecule has 2 aliphatic heterocycles. The van der Waals surface area contributed by atoms with Crippen molar-refractivity contribution in [1.29, 1.82) is 0 Å². The molecular formula is C19H17ClN2O4. The lowest BCUT2D eigenvalue weighted by Gasteiger charge is -2.24. The highest BCUT2D eigenvalue weighted by molar-refractivity contribution is 6.33. The Kier molecular flexibility index (Phi) is 4.20. The van der Waals surface area contributed by atoms with Crippen LogP contribution in [-0.2, 0) is 11.2 Å². The number of fused-ring (bicyclic) bond motifs is 2. The van der Waals surface area contributed by atoms with E-state index in [-0.39, 0.29) is 5.91 Å². The van der Waals surface area contributed by atoms with Crippen LogP contribution in [0.4, 0.5) is 5.69 Å². The zero-order valence-corrected chi connectivity index (χ0v) is 14.7. The van der Waals surface area contributed by atoms with Crippen molar-refractivity contribution < 1.29 is 19.1 Å². The van der Waals surface area contributed by atoms with Crippen molar-refractivity contribution in [2.24, 2.45) is 5.73 Å². The molecule has 0 spiro atoms. The quantitative estimate of drug-likeness (QED) is 0.878. The van der Waals surface area contributed by atoms with E-state index in [1.54, 1.807) is 12.1 Å². The minimum absolute atomic E-state index is 0.302. The van der Waals surface area contributed by atoms with Gasteiger partial charge in [0.1, 0.15) is 6.04 Å². The smallest absolute Gasteiger partial charge is 0.259 e. The Morgan fingerprint density at radius 3 is 2.73 bits per heavy atom. The summed E-state index contributed by atoms with van der Waals surface area (Å²) < 4.78 is 11.3. The molecule has 0 aromatic heterocycles. The van der Waals surface area contributed by atoms with Crippen LogP contribution < -0.4 is 20.1 Å². The van der Waals surface area contributed by atoms with Gasteiger partial charge in [-0.3, -0.25) is 14.5 Å². The molecule has 2 aromatic carbocycles. The van der Waals surface area contributed by atoms with Crippen LogP contribution in [-0.4, -0.2) is 31.1 Å². The molecule has 0 bridgehead atoms. The molecule has 0 saturated heterocycles. The van der Waals surface area contributed by atoms with Crippen molar-refractivity contribution in [2.45, 2.75) is 18.9 Å². The molecule has 2 amide bonds. The molecule has 2 aromatic rings. The van der Waals surface area contributed by atoms with Gasteiger partial charge in [-0.05, 0) is 23.8 Å². The third-order valence-electron chi connectivity index (χ3n) is 4.57. The fraction of sp³-hybridized carbons (Fsp3) is 0.263. The molecule has 26 heavy (non-hydrogen) atoms. The van der Waals surface area contributed by atoms with Gasteiger partial charge in [0.2, 0.25) is 5.91 Å². The molecule has 0 unspecified atom stereocenters. The van der Waals surface area contributed by atoms with Crippen LogP contribution in [0, 0.1) is 0 Å². The van der Waals surface area contributed by atoms with E-state index in [1.807, 2.05) is 18.2 Å². The number of hydrogen-bond donors (Lipinski definition) is 1. The summed E-state index contributed by atoms with van der Waals surface area (Å²) in [6.45, 7) is 0.987. The molecule has 2 aliphatic rings. The number of nitrogens with two attached hydrogens (primary N) is 1. The minimum atomic E-state index is -0.727. The van der Waals surface area contributed by atoms with Crippen LogP contribution in [0.5, 0.6) is 11.5 Å². The van der Waals surface area contributed by atoms with Gasteiger partial charge in [-0.15, -0.1) is 0 Å². The number of anilines is 1. The average molecular weight is 373 g/mol. The Hall–Kier alpha value is -2.73. The van der Waals surface area contributed by atoms with Gasteiger partial charge >= 0.3 is 0 Å². The number of para-hydroxylation sites is 1. The molecule has 6 nitrogen and oxygen atoms in total. The van der Waals surface area contributed by atoms with Crippen molar-refractivity contribution in [3.05, 3.63) is 52.5 Å². The standard InChI is InChI=1S/C19H17ClN2O4/c20-13-8-12(10-16-17(13)26-7-3-6-25-16)19(24)22-14-5-2-1-4-11(14)9-15(22)18(21)23/h1-2,4-5,8,10,15H,3,6-7,9H2,(H2,21,23)/t15-/m0/s1. The second kappa shape index (κ2) is 6.53.